The Morgan fingerprint density at radius 1 is 1.32 bits per heavy atom. The van der Waals surface area contributed by atoms with Crippen molar-refractivity contribution in [2.24, 2.45) is 0 Å². The molecule has 5 nitrogen and oxygen atoms in total. The highest BCUT2D eigenvalue weighted by Crippen LogP contribution is 2.16. The second kappa shape index (κ2) is 9.67. The van der Waals surface area contributed by atoms with Gasteiger partial charge in [-0.2, -0.15) is 0 Å². The van der Waals surface area contributed by atoms with Crippen LogP contribution in [0.1, 0.15) is 25.1 Å². The summed E-state index contributed by atoms with van der Waals surface area (Å²) >= 11 is 1.64. The number of carbonyl (C=O) groups is 1. The number of hydrogen-bond acceptors (Lipinski definition) is 4. The second-order valence-electron chi connectivity index (χ2n) is 6.27. The predicted octanol–water partition coefficient (Wildman–Crippen LogP) is 2.93. The van der Waals surface area contributed by atoms with E-state index in [4.69, 9.17) is 0 Å². The normalized spacial score (nSPS) is 20.0. The Kier molecular flexibility index (Phi) is 8.54. The van der Waals surface area contributed by atoms with E-state index < -0.39 is 0 Å². The molecule has 1 saturated heterocycles. The van der Waals surface area contributed by atoms with Gasteiger partial charge in [-0.1, -0.05) is 6.07 Å². The maximum absolute atomic E-state index is 12.4. The third-order valence-corrected chi connectivity index (χ3v) is 5.43. The van der Waals surface area contributed by atoms with E-state index in [9.17, 15) is 4.79 Å². The molecule has 0 aliphatic carbocycles. The Bertz CT molecular complexity index is 709. The Labute approximate surface area is 165 Å². The molecule has 1 fully saturated rings. The highest BCUT2D eigenvalue weighted by atomic mass is 35.5. The number of carbonyl (C=O) groups excluding carboxylic acids is 1. The van der Waals surface area contributed by atoms with E-state index in [2.05, 4.69) is 49.5 Å². The van der Waals surface area contributed by atoms with Crippen LogP contribution in [0.15, 0.2) is 24.5 Å². The fraction of sp³-hybridized carbons (Fsp3) is 0.529. The summed E-state index contributed by atoms with van der Waals surface area (Å²) in [6.07, 6.45) is 4.13. The molecule has 0 saturated carbocycles. The number of amides is 1. The maximum Gasteiger partial charge on any atom is 0.232 e. The van der Waals surface area contributed by atoms with Crippen molar-refractivity contribution < 1.29 is 4.79 Å². The zero-order valence-electron chi connectivity index (χ0n) is 14.8. The number of halogens is 2. The van der Waals surface area contributed by atoms with Crippen molar-refractivity contribution in [1.29, 1.82) is 0 Å². The van der Waals surface area contributed by atoms with Crippen LogP contribution < -0.4 is 5.32 Å². The first kappa shape index (κ1) is 22.1. The van der Waals surface area contributed by atoms with Crippen LogP contribution in [0, 0.1) is 6.92 Å². The molecule has 1 aliphatic rings. The summed E-state index contributed by atoms with van der Waals surface area (Å²) < 4.78 is 2.05. The molecule has 2 unspecified atom stereocenters. The smallest absolute Gasteiger partial charge is 0.232 e. The third-order valence-electron chi connectivity index (χ3n) is 4.48. The average molecular weight is 405 g/mol. The number of aromatic nitrogens is 2. The highest BCUT2D eigenvalue weighted by molar-refractivity contribution is 7.99. The number of pyridine rings is 1. The van der Waals surface area contributed by atoms with E-state index in [1.54, 1.807) is 11.8 Å². The standard InChI is InChI=1S/C17H24N4OS.2ClH/c1-12-4-5-16-19-15(9-20(16)8-12)10-23-11-17(22)21-7-6-18-13(2)14(21)3;;/h4-5,8-9,13-14,18H,6-7,10-11H2,1-3H3;2*1H. The second-order valence-corrected chi connectivity index (χ2v) is 7.25. The number of thioether (sulfide) groups is 1. The lowest BCUT2D eigenvalue weighted by molar-refractivity contribution is -0.131. The van der Waals surface area contributed by atoms with Crippen molar-refractivity contribution in [2.75, 3.05) is 18.8 Å². The lowest BCUT2D eigenvalue weighted by Crippen LogP contribution is -2.57. The number of nitrogens with zero attached hydrogens (tertiary/aromatic N) is 3. The zero-order chi connectivity index (χ0) is 16.4. The van der Waals surface area contributed by atoms with Gasteiger partial charge in [-0.3, -0.25) is 4.79 Å². The van der Waals surface area contributed by atoms with Crippen LogP contribution in [0.2, 0.25) is 0 Å². The van der Waals surface area contributed by atoms with Gasteiger partial charge in [0.2, 0.25) is 5.91 Å². The van der Waals surface area contributed by atoms with Crippen LogP contribution >= 0.6 is 36.6 Å². The van der Waals surface area contributed by atoms with Gasteiger partial charge in [0.25, 0.3) is 0 Å². The summed E-state index contributed by atoms with van der Waals surface area (Å²) in [5.41, 5.74) is 3.20. The molecule has 0 bridgehead atoms. The maximum atomic E-state index is 12.4. The fourth-order valence-electron chi connectivity index (χ4n) is 2.96. The van der Waals surface area contributed by atoms with Gasteiger partial charge < -0.3 is 14.6 Å². The predicted molar refractivity (Wildman–Crippen MR) is 109 cm³/mol. The van der Waals surface area contributed by atoms with Gasteiger partial charge in [0, 0.05) is 43.3 Å². The van der Waals surface area contributed by atoms with Gasteiger partial charge in [0.15, 0.2) is 0 Å². The van der Waals surface area contributed by atoms with Crippen molar-refractivity contribution in [3.05, 3.63) is 35.8 Å². The Balaban J connectivity index is 0.00000156. The van der Waals surface area contributed by atoms with Crippen LogP contribution in [-0.4, -0.2) is 51.1 Å². The van der Waals surface area contributed by atoms with Gasteiger partial charge in [-0.25, -0.2) is 4.98 Å². The topological polar surface area (TPSA) is 49.6 Å². The van der Waals surface area contributed by atoms with E-state index >= 15 is 0 Å². The van der Waals surface area contributed by atoms with Crippen LogP contribution in [0.5, 0.6) is 0 Å². The number of rotatable bonds is 4. The van der Waals surface area contributed by atoms with Gasteiger partial charge in [0.05, 0.1) is 11.4 Å². The molecule has 2 atom stereocenters. The van der Waals surface area contributed by atoms with E-state index in [-0.39, 0.29) is 36.8 Å². The van der Waals surface area contributed by atoms with E-state index in [1.807, 2.05) is 15.4 Å². The molecule has 2 aromatic heterocycles. The largest absolute Gasteiger partial charge is 0.336 e. The average Bonchev–Trinajstić information content (AvgIpc) is 2.91. The first-order valence-corrected chi connectivity index (χ1v) is 9.25. The SMILES string of the molecule is Cc1ccc2nc(CSCC(=O)N3CCNC(C)C3C)cn2c1.Cl.Cl. The summed E-state index contributed by atoms with van der Waals surface area (Å²) in [6.45, 7) is 8.01. The summed E-state index contributed by atoms with van der Waals surface area (Å²) in [7, 11) is 0. The highest BCUT2D eigenvalue weighted by Gasteiger charge is 2.27. The zero-order valence-corrected chi connectivity index (χ0v) is 17.2. The van der Waals surface area contributed by atoms with E-state index in [0.717, 1.165) is 30.2 Å². The molecule has 3 heterocycles. The number of nitrogens with one attached hydrogen (secondary N) is 1. The Morgan fingerprint density at radius 3 is 2.84 bits per heavy atom. The fourth-order valence-corrected chi connectivity index (χ4v) is 3.75. The van der Waals surface area contributed by atoms with Gasteiger partial charge in [0.1, 0.15) is 5.65 Å². The molecule has 1 aliphatic heterocycles. The van der Waals surface area contributed by atoms with Crippen molar-refractivity contribution in [2.45, 2.75) is 38.6 Å². The quantitative estimate of drug-likeness (QED) is 0.850. The van der Waals surface area contributed by atoms with Crippen molar-refractivity contribution in [3.8, 4) is 0 Å². The first-order chi connectivity index (χ1) is 11.0. The molecule has 3 rings (SSSR count). The minimum atomic E-state index is 0. The molecule has 1 amide bonds. The molecule has 25 heavy (non-hydrogen) atoms. The summed E-state index contributed by atoms with van der Waals surface area (Å²) in [5.74, 6) is 1.52. The molecular formula is C17H26Cl2N4OS. The van der Waals surface area contributed by atoms with Crippen molar-refractivity contribution in [3.63, 3.8) is 0 Å². The van der Waals surface area contributed by atoms with Crippen LogP contribution in [0.25, 0.3) is 5.65 Å². The number of aryl methyl sites for hydroxylation is 1. The lowest BCUT2D eigenvalue weighted by atomic mass is 10.1. The van der Waals surface area contributed by atoms with Crippen LogP contribution in [-0.2, 0) is 10.5 Å². The summed E-state index contributed by atoms with van der Waals surface area (Å²) in [5, 5.41) is 3.40. The number of fused-ring (bicyclic) bond motifs is 1. The summed E-state index contributed by atoms with van der Waals surface area (Å²) in [4.78, 5) is 19.0. The summed E-state index contributed by atoms with van der Waals surface area (Å²) in [6, 6.07) is 4.71. The molecule has 0 aromatic carbocycles. The molecule has 0 radical (unpaired) electrons. The molecule has 0 spiro atoms. The van der Waals surface area contributed by atoms with Crippen molar-refractivity contribution >= 4 is 48.1 Å². The Morgan fingerprint density at radius 2 is 2.08 bits per heavy atom. The monoisotopic (exact) mass is 404 g/mol. The molecular weight excluding hydrogens is 379 g/mol. The van der Waals surface area contributed by atoms with Gasteiger partial charge in [-0.15, -0.1) is 36.6 Å². The molecule has 1 N–H and O–H groups in total. The van der Waals surface area contributed by atoms with Crippen LogP contribution in [0.4, 0.5) is 0 Å². The first-order valence-electron chi connectivity index (χ1n) is 8.09. The molecule has 2 aromatic rings. The Hall–Kier alpha value is -0.950. The minimum absolute atomic E-state index is 0. The lowest BCUT2D eigenvalue weighted by Gasteiger charge is -2.38. The number of piperazine rings is 1. The van der Waals surface area contributed by atoms with E-state index in [1.165, 1.54) is 5.56 Å². The van der Waals surface area contributed by atoms with Crippen LogP contribution in [0.3, 0.4) is 0 Å². The van der Waals surface area contributed by atoms with Gasteiger partial charge >= 0.3 is 0 Å². The third kappa shape index (κ3) is 5.26. The van der Waals surface area contributed by atoms with Gasteiger partial charge in [-0.05, 0) is 32.4 Å². The molecule has 140 valence electrons. The van der Waals surface area contributed by atoms with E-state index in [0.29, 0.717) is 11.8 Å². The number of imidazole rings is 1. The van der Waals surface area contributed by atoms with Crippen molar-refractivity contribution in [1.82, 2.24) is 19.6 Å². The minimum Gasteiger partial charge on any atom is -0.336 e. The number of hydrogen-bond donors (Lipinski definition) is 1. The molecule has 8 heteroatoms.